The van der Waals surface area contributed by atoms with Crippen LogP contribution < -0.4 is 16.2 Å². The molecule has 0 radical (unpaired) electrons. The van der Waals surface area contributed by atoms with Gasteiger partial charge >= 0.3 is 0 Å². The van der Waals surface area contributed by atoms with E-state index in [-0.39, 0.29) is 30.3 Å². The van der Waals surface area contributed by atoms with Gasteiger partial charge in [0.05, 0.1) is 18.4 Å². The number of amides is 2. The second kappa shape index (κ2) is 9.71. The van der Waals surface area contributed by atoms with Gasteiger partial charge < -0.3 is 10.6 Å². The van der Waals surface area contributed by atoms with Gasteiger partial charge in [0.2, 0.25) is 5.91 Å². The molecule has 0 saturated heterocycles. The molecular weight excluding hydrogens is 465 g/mol. The molecule has 2 amide bonds. The highest BCUT2D eigenvalue weighted by Gasteiger charge is 2.48. The zero-order valence-electron chi connectivity index (χ0n) is 20.3. The summed E-state index contributed by atoms with van der Waals surface area (Å²) >= 11 is 0. The number of hydrogen-bond acceptors (Lipinski definition) is 5. The highest BCUT2D eigenvalue weighted by molar-refractivity contribution is 6.00. The smallest absolute Gasteiger partial charge is 0.270 e. The number of pyridine rings is 1. The van der Waals surface area contributed by atoms with Gasteiger partial charge in [0, 0.05) is 24.0 Å². The summed E-state index contributed by atoms with van der Waals surface area (Å²) in [5.74, 6) is -0.381. The van der Waals surface area contributed by atoms with Crippen LogP contribution in [0.2, 0.25) is 0 Å². The lowest BCUT2D eigenvalue weighted by molar-refractivity contribution is -0.119. The van der Waals surface area contributed by atoms with Crippen LogP contribution >= 0.6 is 0 Å². The summed E-state index contributed by atoms with van der Waals surface area (Å²) in [6.45, 7) is 4.02. The molecule has 36 heavy (non-hydrogen) atoms. The molecule has 0 aliphatic heterocycles. The lowest BCUT2D eigenvalue weighted by Gasteiger charge is -2.27. The molecule has 3 N–H and O–H groups in total. The van der Waals surface area contributed by atoms with Gasteiger partial charge in [-0.3, -0.25) is 28.7 Å². The molecule has 0 spiro atoms. The normalized spacial score (nSPS) is 16.4. The van der Waals surface area contributed by atoms with Crippen molar-refractivity contribution in [3.05, 3.63) is 64.3 Å². The van der Waals surface area contributed by atoms with Crippen LogP contribution in [0.4, 0.5) is 10.1 Å². The third-order valence-corrected chi connectivity index (χ3v) is 6.87. The molecule has 1 atom stereocenters. The molecule has 190 valence electrons. The lowest BCUT2D eigenvalue weighted by atomic mass is 9.88. The summed E-state index contributed by atoms with van der Waals surface area (Å²) in [7, 11) is 0. The Labute approximate surface area is 207 Å². The Bertz CT molecular complexity index is 1310. The molecule has 10 nitrogen and oxygen atoms in total. The number of aromatic nitrogens is 5. The highest BCUT2D eigenvalue weighted by Crippen LogP contribution is 2.50. The number of aromatic amines is 1. The third kappa shape index (κ3) is 5.24. The first-order valence-electron chi connectivity index (χ1n) is 12.4. The Kier molecular flexibility index (Phi) is 6.46. The van der Waals surface area contributed by atoms with Crippen LogP contribution in [0.15, 0.2) is 41.6 Å². The molecule has 0 aromatic carbocycles. The number of carbonyl (C=O) groups excluding carboxylic acids is 2. The fourth-order valence-corrected chi connectivity index (χ4v) is 4.86. The van der Waals surface area contributed by atoms with Crippen LogP contribution in [-0.4, -0.2) is 42.4 Å². The minimum absolute atomic E-state index is 0.00914. The minimum Gasteiger partial charge on any atom is -0.339 e. The second-order valence-electron chi connectivity index (χ2n) is 10.0. The van der Waals surface area contributed by atoms with Crippen LogP contribution in [0.1, 0.15) is 61.6 Å². The summed E-state index contributed by atoms with van der Waals surface area (Å²) in [4.78, 5) is 40.8. The number of anilines is 1. The van der Waals surface area contributed by atoms with E-state index in [0.717, 1.165) is 25.7 Å². The van der Waals surface area contributed by atoms with Gasteiger partial charge in [-0.1, -0.05) is 0 Å². The van der Waals surface area contributed by atoms with Crippen molar-refractivity contribution in [2.75, 3.05) is 5.32 Å². The Hall–Kier alpha value is -3.76. The molecule has 1 unspecified atom stereocenters. The van der Waals surface area contributed by atoms with Gasteiger partial charge in [0.15, 0.2) is 5.95 Å². The van der Waals surface area contributed by atoms with Crippen molar-refractivity contribution < 1.29 is 14.0 Å². The fraction of sp³-hybridized carbons (Fsp3) is 0.480. The predicted molar refractivity (Wildman–Crippen MR) is 130 cm³/mol. The maximum Gasteiger partial charge on any atom is 0.270 e. The Morgan fingerprint density at radius 2 is 1.86 bits per heavy atom. The Morgan fingerprint density at radius 3 is 2.50 bits per heavy atom. The maximum absolute atomic E-state index is 13.5. The van der Waals surface area contributed by atoms with Crippen LogP contribution in [0.3, 0.4) is 0 Å². The van der Waals surface area contributed by atoms with Crippen molar-refractivity contribution in [3.63, 3.8) is 0 Å². The fourth-order valence-electron chi connectivity index (χ4n) is 4.86. The monoisotopic (exact) mass is 495 g/mol. The number of nitrogens with zero attached hydrogens (tertiary/aromatic N) is 4. The molecule has 2 fully saturated rings. The molecule has 2 aliphatic carbocycles. The number of carbonyl (C=O) groups is 2. The average Bonchev–Trinajstić information content (AvgIpc) is 3.75. The number of hydrogen-bond donors (Lipinski definition) is 3. The lowest BCUT2D eigenvalue weighted by Crippen LogP contribution is -2.50. The number of rotatable bonds is 10. The maximum atomic E-state index is 13.5. The largest absolute Gasteiger partial charge is 0.339 e. The van der Waals surface area contributed by atoms with Crippen molar-refractivity contribution in [2.24, 2.45) is 17.8 Å². The predicted octanol–water partition coefficient (Wildman–Crippen LogP) is 2.71. The van der Waals surface area contributed by atoms with Gasteiger partial charge in [-0.25, -0.2) is 0 Å². The summed E-state index contributed by atoms with van der Waals surface area (Å²) in [5, 5.41) is 14.4. The molecule has 5 rings (SSSR count). The van der Waals surface area contributed by atoms with Gasteiger partial charge in [-0.15, -0.1) is 0 Å². The first-order chi connectivity index (χ1) is 17.3. The number of H-pyrrole nitrogens is 1. The van der Waals surface area contributed by atoms with Gasteiger partial charge in [0.25, 0.3) is 11.5 Å². The van der Waals surface area contributed by atoms with Gasteiger partial charge in [-0.2, -0.15) is 14.6 Å². The molecule has 3 heterocycles. The summed E-state index contributed by atoms with van der Waals surface area (Å²) < 4.78 is 16.3. The van der Waals surface area contributed by atoms with Gasteiger partial charge in [-0.05, 0) is 75.5 Å². The molecular formula is C25H30FN7O3. The van der Waals surface area contributed by atoms with E-state index in [1.807, 2.05) is 13.8 Å². The number of nitrogens with one attached hydrogen (secondary N) is 3. The van der Waals surface area contributed by atoms with Crippen LogP contribution in [0.25, 0.3) is 0 Å². The summed E-state index contributed by atoms with van der Waals surface area (Å²) in [6.07, 6.45) is 8.94. The van der Waals surface area contributed by atoms with E-state index in [2.05, 4.69) is 25.8 Å². The standard InChI is InChI=1S/C25H30FN7O3/c1-14(2)33-19(9-10-27-33)24(35)31-22(21(15-3-4-15)16-5-6-16)25(36)29-18-11-28-32(13-18)12-17-7-8-20(26)30-23(17)34/h7-11,13-16,21-22H,3-6,12H2,1-2H3,(H,29,36)(H,30,34)(H,31,35). The van der Waals surface area contributed by atoms with Crippen molar-refractivity contribution in [2.45, 2.75) is 58.2 Å². The van der Waals surface area contributed by atoms with Crippen molar-refractivity contribution in [3.8, 4) is 0 Å². The average molecular weight is 496 g/mol. The molecule has 0 bridgehead atoms. The van der Waals surface area contributed by atoms with Crippen LogP contribution in [0, 0.1) is 23.7 Å². The first kappa shape index (κ1) is 24.0. The van der Waals surface area contributed by atoms with E-state index in [1.54, 1.807) is 23.1 Å². The Balaban J connectivity index is 1.33. The van der Waals surface area contributed by atoms with Crippen LogP contribution in [0.5, 0.6) is 0 Å². The summed E-state index contributed by atoms with van der Waals surface area (Å²) in [5.41, 5.74) is 0.684. The quantitative estimate of drug-likeness (QED) is 0.373. The van der Waals surface area contributed by atoms with E-state index >= 15 is 0 Å². The second-order valence-corrected chi connectivity index (χ2v) is 10.0. The van der Waals surface area contributed by atoms with Crippen LogP contribution in [-0.2, 0) is 11.3 Å². The van der Waals surface area contributed by atoms with Crippen molar-refractivity contribution in [1.82, 2.24) is 29.9 Å². The Morgan fingerprint density at radius 1 is 1.14 bits per heavy atom. The van der Waals surface area contributed by atoms with E-state index in [0.29, 0.717) is 28.8 Å². The minimum atomic E-state index is -0.706. The zero-order valence-corrected chi connectivity index (χ0v) is 20.3. The van der Waals surface area contributed by atoms with E-state index < -0.39 is 17.5 Å². The SMILES string of the molecule is CC(C)n1nccc1C(=O)NC(C(=O)Nc1cnn(Cc2ccc(F)[nH]c2=O)c1)C(C1CC1)C1CC1. The number of halogens is 1. The zero-order chi connectivity index (χ0) is 25.4. The molecule has 3 aromatic rings. The van der Waals surface area contributed by atoms with Gasteiger partial charge in [0.1, 0.15) is 11.7 Å². The topological polar surface area (TPSA) is 127 Å². The molecule has 2 saturated carbocycles. The molecule has 11 heteroatoms. The van der Waals surface area contributed by atoms with E-state index in [4.69, 9.17) is 0 Å². The highest BCUT2D eigenvalue weighted by atomic mass is 19.1. The molecule has 3 aromatic heterocycles. The summed E-state index contributed by atoms with van der Waals surface area (Å²) in [6, 6.07) is 3.56. The van der Waals surface area contributed by atoms with E-state index in [9.17, 15) is 18.8 Å². The molecule has 2 aliphatic rings. The van der Waals surface area contributed by atoms with Crippen molar-refractivity contribution >= 4 is 17.5 Å². The van der Waals surface area contributed by atoms with Crippen molar-refractivity contribution in [1.29, 1.82) is 0 Å². The first-order valence-corrected chi connectivity index (χ1v) is 12.4. The third-order valence-electron chi connectivity index (χ3n) is 6.87. The van der Waals surface area contributed by atoms with E-state index in [1.165, 1.54) is 23.0 Å².